The van der Waals surface area contributed by atoms with Gasteiger partial charge in [0.1, 0.15) is 5.75 Å². The van der Waals surface area contributed by atoms with E-state index in [1.165, 1.54) is 5.56 Å². The van der Waals surface area contributed by atoms with E-state index in [0.717, 1.165) is 34.6 Å². The lowest BCUT2D eigenvalue weighted by atomic mass is 10.2. The normalized spacial score (nSPS) is 11.1. The highest BCUT2D eigenvalue weighted by atomic mass is 35.5. The Morgan fingerprint density at radius 1 is 1.41 bits per heavy atom. The van der Waals surface area contributed by atoms with Crippen LogP contribution in [-0.4, -0.2) is 18.2 Å². The summed E-state index contributed by atoms with van der Waals surface area (Å²) in [4.78, 5) is 0. The second-order valence-corrected chi connectivity index (χ2v) is 4.53. The Hall–Kier alpha value is -1.19. The Morgan fingerprint density at radius 2 is 2.18 bits per heavy atom. The molecule has 1 aromatic heterocycles. The van der Waals surface area contributed by atoms with Gasteiger partial charge in [0.15, 0.2) is 0 Å². The fourth-order valence-electron chi connectivity index (χ4n) is 2.18. The third-order valence-electron chi connectivity index (χ3n) is 2.94. The van der Waals surface area contributed by atoms with E-state index in [9.17, 15) is 0 Å². The number of benzene rings is 1. The molecule has 1 aromatic carbocycles. The molecule has 0 aliphatic heterocycles. The van der Waals surface area contributed by atoms with Gasteiger partial charge >= 0.3 is 0 Å². The van der Waals surface area contributed by atoms with Crippen molar-refractivity contribution in [1.29, 1.82) is 0 Å². The molecule has 0 amide bonds. The van der Waals surface area contributed by atoms with Gasteiger partial charge in [-0.05, 0) is 37.6 Å². The number of methoxy groups -OCH3 is 1. The SMILES string of the molecule is COc1ccc(Cl)c2c1c(C)cn2CCCN. The van der Waals surface area contributed by atoms with Crippen LogP contribution >= 0.6 is 11.6 Å². The number of fused-ring (bicyclic) bond motifs is 1. The number of halogens is 1. The van der Waals surface area contributed by atoms with Gasteiger partial charge in [-0.3, -0.25) is 0 Å². The maximum Gasteiger partial charge on any atom is 0.128 e. The number of rotatable bonds is 4. The Balaban J connectivity index is 2.63. The van der Waals surface area contributed by atoms with Crippen LogP contribution in [0.1, 0.15) is 12.0 Å². The van der Waals surface area contributed by atoms with Crippen molar-refractivity contribution in [3.8, 4) is 5.75 Å². The van der Waals surface area contributed by atoms with Crippen LogP contribution < -0.4 is 10.5 Å². The second-order valence-electron chi connectivity index (χ2n) is 4.12. The molecule has 0 radical (unpaired) electrons. The maximum atomic E-state index is 6.28. The first-order chi connectivity index (χ1) is 8.19. The zero-order valence-corrected chi connectivity index (χ0v) is 10.9. The molecule has 92 valence electrons. The lowest BCUT2D eigenvalue weighted by molar-refractivity contribution is 0.419. The van der Waals surface area contributed by atoms with E-state index in [1.807, 2.05) is 12.1 Å². The molecule has 17 heavy (non-hydrogen) atoms. The van der Waals surface area contributed by atoms with Crippen LogP contribution in [0, 0.1) is 6.92 Å². The number of nitrogens with zero attached hydrogens (tertiary/aromatic N) is 1. The van der Waals surface area contributed by atoms with Crippen LogP contribution in [0.25, 0.3) is 10.9 Å². The highest BCUT2D eigenvalue weighted by molar-refractivity contribution is 6.35. The van der Waals surface area contributed by atoms with Crippen molar-refractivity contribution < 1.29 is 4.74 Å². The van der Waals surface area contributed by atoms with Gasteiger partial charge in [-0.15, -0.1) is 0 Å². The molecule has 0 fully saturated rings. The summed E-state index contributed by atoms with van der Waals surface area (Å²) in [7, 11) is 1.68. The smallest absolute Gasteiger partial charge is 0.128 e. The zero-order chi connectivity index (χ0) is 12.4. The largest absolute Gasteiger partial charge is 0.496 e. The van der Waals surface area contributed by atoms with E-state index in [1.54, 1.807) is 7.11 Å². The number of nitrogens with two attached hydrogens (primary N) is 1. The summed E-state index contributed by atoms with van der Waals surface area (Å²) in [5.74, 6) is 0.869. The van der Waals surface area contributed by atoms with Crippen LogP contribution in [0.15, 0.2) is 18.3 Å². The first-order valence-electron chi connectivity index (χ1n) is 5.71. The Kier molecular flexibility index (Phi) is 3.60. The van der Waals surface area contributed by atoms with Gasteiger partial charge in [-0.1, -0.05) is 11.6 Å². The van der Waals surface area contributed by atoms with Gasteiger partial charge in [0.25, 0.3) is 0 Å². The van der Waals surface area contributed by atoms with Gasteiger partial charge in [-0.25, -0.2) is 0 Å². The van der Waals surface area contributed by atoms with E-state index in [2.05, 4.69) is 17.7 Å². The van der Waals surface area contributed by atoms with Crippen molar-refractivity contribution >= 4 is 22.5 Å². The predicted octanol–water partition coefficient (Wildman–Crippen LogP) is 2.96. The van der Waals surface area contributed by atoms with E-state index < -0.39 is 0 Å². The van der Waals surface area contributed by atoms with Gasteiger partial charge < -0.3 is 15.0 Å². The minimum Gasteiger partial charge on any atom is -0.496 e. The second kappa shape index (κ2) is 4.98. The van der Waals surface area contributed by atoms with Crippen LogP contribution in [0.4, 0.5) is 0 Å². The molecule has 0 atom stereocenters. The number of aryl methyl sites for hydroxylation is 2. The molecule has 0 aliphatic rings. The van der Waals surface area contributed by atoms with Crippen LogP contribution in [0.2, 0.25) is 5.02 Å². The summed E-state index contributed by atoms with van der Waals surface area (Å²) in [6, 6.07) is 3.78. The fraction of sp³-hybridized carbons (Fsp3) is 0.385. The average molecular weight is 253 g/mol. The standard InChI is InChI=1S/C13H17ClN2O/c1-9-8-16(7-3-6-15)13-10(14)4-5-11(17-2)12(9)13/h4-5,8H,3,6-7,15H2,1-2H3. The van der Waals surface area contributed by atoms with Crippen molar-refractivity contribution in [2.45, 2.75) is 19.9 Å². The first-order valence-corrected chi connectivity index (χ1v) is 6.08. The molecule has 2 N–H and O–H groups in total. The molecule has 2 rings (SSSR count). The molecule has 0 saturated heterocycles. The Morgan fingerprint density at radius 3 is 2.82 bits per heavy atom. The Bertz CT molecular complexity index is 534. The molecule has 0 saturated carbocycles. The molecule has 0 spiro atoms. The van der Waals surface area contributed by atoms with Gasteiger partial charge in [0.05, 0.1) is 17.6 Å². The molecule has 1 heterocycles. The fourth-order valence-corrected chi connectivity index (χ4v) is 2.45. The third-order valence-corrected chi connectivity index (χ3v) is 3.25. The molecule has 0 unspecified atom stereocenters. The highest BCUT2D eigenvalue weighted by Crippen LogP contribution is 2.35. The van der Waals surface area contributed by atoms with E-state index in [0.29, 0.717) is 6.54 Å². The van der Waals surface area contributed by atoms with Crippen molar-refractivity contribution in [3.05, 3.63) is 28.9 Å². The minimum absolute atomic E-state index is 0.681. The highest BCUT2D eigenvalue weighted by Gasteiger charge is 2.13. The third kappa shape index (κ3) is 2.13. The van der Waals surface area contributed by atoms with E-state index in [4.69, 9.17) is 22.1 Å². The van der Waals surface area contributed by atoms with Crippen LogP contribution in [0.5, 0.6) is 5.75 Å². The first kappa shape index (κ1) is 12.3. The Labute approximate surface area is 106 Å². The summed E-state index contributed by atoms with van der Waals surface area (Å²) in [6.07, 6.45) is 3.05. The van der Waals surface area contributed by atoms with Crippen molar-refractivity contribution in [2.24, 2.45) is 5.73 Å². The van der Waals surface area contributed by atoms with E-state index >= 15 is 0 Å². The molecule has 0 aliphatic carbocycles. The predicted molar refractivity (Wildman–Crippen MR) is 71.9 cm³/mol. The summed E-state index contributed by atoms with van der Waals surface area (Å²) in [5, 5.41) is 1.85. The lowest BCUT2D eigenvalue weighted by Gasteiger charge is -2.08. The molecule has 0 bridgehead atoms. The summed E-state index contributed by atoms with van der Waals surface area (Å²) in [5.41, 5.74) is 7.77. The molecule has 3 nitrogen and oxygen atoms in total. The number of hydrogen-bond acceptors (Lipinski definition) is 2. The van der Waals surface area contributed by atoms with Crippen LogP contribution in [0.3, 0.4) is 0 Å². The summed E-state index contributed by atoms with van der Waals surface area (Å²) < 4.78 is 7.54. The van der Waals surface area contributed by atoms with Gasteiger partial charge in [-0.2, -0.15) is 0 Å². The molecule has 4 heteroatoms. The lowest BCUT2D eigenvalue weighted by Crippen LogP contribution is -2.05. The topological polar surface area (TPSA) is 40.2 Å². The van der Waals surface area contributed by atoms with E-state index in [-0.39, 0.29) is 0 Å². The number of hydrogen-bond donors (Lipinski definition) is 1. The number of aromatic nitrogens is 1. The zero-order valence-electron chi connectivity index (χ0n) is 10.2. The van der Waals surface area contributed by atoms with Crippen molar-refractivity contribution in [1.82, 2.24) is 4.57 Å². The van der Waals surface area contributed by atoms with Gasteiger partial charge in [0, 0.05) is 18.1 Å². The maximum absolute atomic E-state index is 6.28. The molecular formula is C13H17ClN2O. The number of ether oxygens (including phenoxy) is 1. The molecular weight excluding hydrogens is 236 g/mol. The summed E-state index contributed by atoms with van der Waals surface area (Å²) in [6.45, 7) is 3.63. The molecule has 2 aromatic rings. The average Bonchev–Trinajstić information content (AvgIpc) is 2.66. The van der Waals surface area contributed by atoms with Crippen molar-refractivity contribution in [2.75, 3.05) is 13.7 Å². The van der Waals surface area contributed by atoms with Gasteiger partial charge in [0.2, 0.25) is 0 Å². The van der Waals surface area contributed by atoms with Crippen LogP contribution in [-0.2, 0) is 6.54 Å². The van der Waals surface area contributed by atoms with Crippen molar-refractivity contribution in [3.63, 3.8) is 0 Å². The summed E-state index contributed by atoms with van der Waals surface area (Å²) >= 11 is 6.28. The monoisotopic (exact) mass is 252 g/mol. The quantitative estimate of drug-likeness (QED) is 0.909. The minimum atomic E-state index is 0.681.